The van der Waals surface area contributed by atoms with E-state index in [1.807, 2.05) is 13.8 Å². The summed E-state index contributed by atoms with van der Waals surface area (Å²) < 4.78 is 5.05. The van der Waals surface area contributed by atoms with Gasteiger partial charge in [0.25, 0.3) is 5.91 Å². The van der Waals surface area contributed by atoms with Crippen LogP contribution in [0.3, 0.4) is 0 Å². The van der Waals surface area contributed by atoms with Crippen LogP contribution in [-0.2, 0) is 9.59 Å². The van der Waals surface area contributed by atoms with Crippen LogP contribution < -0.4 is 11.1 Å². The number of hydrogen-bond donors (Lipinski definition) is 3. The molecule has 1 heterocycles. The van der Waals surface area contributed by atoms with E-state index in [0.717, 1.165) is 0 Å². The molecule has 1 unspecified atom stereocenters. The Bertz CT molecular complexity index is 535. The van der Waals surface area contributed by atoms with Crippen molar-refractivity contribution in [2.75, 3.05) is 0 Å². The fourth-order valence-electron chi connectivity index (χ4n) is 1.69. The standard InChI is InChI=1S/C12H17N3O5/c1-5(2)10-9(6(3)15-20-10)11(17)14-7(12(18)19)4-8(13)16/h5,7H,4H2,1-3H3,(H2,13,16)(H,14,17)(H,18,19). The van der Waals surface area contributed by atoms with Gasteiger partial charge in [0.1, 0.15) is 11.6 Å². The van der Waals surface area contributed by atoms with Crippen molar-refractivity contribution >= 4 is 17.8 Å². The maximum absolute atomic E-state index is 12.1. The molecule has 0 radical (unpaired) electrons. The van der Waals surface area contributed by atoms with E-state index in [-0.39, 0.29) is 11.5 Å². The number of primary amides is 1. The van der Waals surface area contributed by atoms with Gasteiger partial charge in [0.2, 0.25) is 5.91 Å². The Morgan fingerprint density at radius 1 is 1.40 bits per heavy atom. The lowest BCUT2D eigenvalue weighted by Crippen LogP contribution is -2.43. The molecule has 2 amide bonds. The molecule has 8 heteroatoms. The summed E-state index contributed by atoms with van der Waals surface area (Å²) in [4.78, 5) is 33.9. The van der Waals surface area contributed by atoms with Gasteiger partial charge in [0, 0.05) is 5.92 Å². The third kappa shape index (κ3) is 3.56. The van der Waals surface area contributed by atoms with Crippen molar-refractivity contribution in [2.45, 2.75) is 39.2 Å². The first-order valence-corrected chi connectivity index (χ1v) is 6.02. The minimum absolute atomic E-state index is 0.0867. The summed E-state index contributed by atoms with van der Waals surface area (Å²) in [5.41, 5.74) is 5.50. The minimum atomic E-state index is -1.38. The molecule has 4 N–H and O–H groups in total. The number of carboxylic acids is 1. The number of rotatable bonds is 6. The number of aromatic nitrogens is 1. The van der Waals surface area contributed by atoms with Crippen LogP contribution in [0.5, 0.6) is 0 Å². The van der Waals surface area contributed by atoms with Crippen LogP contribution in [0.4, 0.5) is 0 Å². The summed E-state index contributed by atoms with van der Waals surface area (Å²) in [5.74, 6) is -2.53. The highest BCUT2D eigenvalue weighted by molar-refractivity contribution is 5.99. The van der Waals surface area contributed by atoms with Crippen molar-refractivity contribution in [3.05, 3.63) is 17.0 Å². The number of carbonyl (C=O) groups is 3. The van der Waals surface area contributed by atoms with Gasteiger partial charge in [-0.1, -0.05) is 19.0 Å². The van der Waals surface area contributed by atoms with Crippen LogP contribution in [0.2, 0.25) is 0 Å². The molecule has 0 saturated heterocycles. The summed E-state index contributed by atoms with van der Waals surface area (Å²) in [7, 11) is 0. The van der Waals surface area contributed by atoms with Crippen molar-refractivity contribution in [1.29, 1.82) is 0 Å². The normalized spacial score (nSPS) is 12.2. The number of aliphatic carboxylic acids is 1. The van der Waals surface area contributed by atoms with Crippen LogP contribution in [0.25, 0.3) is 0 Å². The molecule has 0 saturated carbocycles. The third-order valence-electron chi connectivity index (χ3n) is 2.65. The Kier molecular flexibility index (Phi) is 4.84. The van der Waals surface area contributed by atoms with Gasteiger partial charge in [0.05, 0.1) is 12.1 Å². The van der Waals surface area contributed by atoms with Crippen LogP contribution in [0, 0.1) is 6.92 Å². The van der Waals surface area contributed by atoms with Gasteiger partial charge in [-0.15, -0.1) is 0 Å². The molecule has 0 bridgehead atoms. The fraction of sp³-hybridized carbons (Fsp3) is 0.500. The minimum Gasteiger partial charge on any atom is -0.480 e. The first kappa shape index (κ1) is 15.7. The highest BCUT2D eigenvalue weighted by Crippen LogP contribution is 2.22. The molecule has 1 atom stereocenters. The van der Waals surface area contributed by atoms with Crippen LogP contribution >= 0.6 is 0 Å². The van der Waals surface area contributed by atoms with E-state index in [4.69, 9.17) is 15.4 Å². The van der Waals surface area contributed by atoms with Gasteiger partial charge in [0.15, 0.2) is 5.76 Å². The fourth-order valence-corrected chi connectivity index (χ4v) is 1.69. The van der Waals surface area contributed by atoms with Crippen molar-refractivity contribution in [1.82, 2.24) is 10.5 Å². The second-order valence-corrected chi connectivity index (χ2v) is 4.70. The molecule has 1 aromatic heterocycles. The van der Waals surface area contributed by atoms with Gasteiger partial charge >= 0.3 is 5.97 Å². The number of carbonyl (C=O) groups excluding carboxylic acids is 2. The predicted octanol–water partition coefficient (Wildman–Crippen LogP) is 0.165. The van der Waals surface area contributed by atoms with E-state index in [1.165, 1.54) is 0 Å². The van der Waals surface area contributed by atoms with Crippen molar-refractivity contribution in [2.24, 2.45) is 5.73 Å². The molecule has 110 valence electrons. The van der Waals surface area contributed by atoms with Gasteiger partial charge in [-0.2, -0.15) is 0 Å². The quantitative estimate of drug-likeness (QED) is 0.680. The molecule has 1 aromatic rings. The number of carboxylic acid groups (broad SMARTS) is 1. The molecular formula is C12H17N3O5. The zero-order chi connectivity index (χ0) is 15.4. The van der Waals surface area contributed by atoms with Gasteiger partial charge in [-0.25, -0.2) is 4.79 Å². The van der Waals surface area contributed by atoms with E-state index in [9.17, 15) is 14.4 Å². The molecule has 1 rings (SSSR count). The summed E-state index contributed by atoms with van der Waals surface area (Å²) >= 11 is 0. The van der Waals surface area contributed by atoms with Gasteiger partial charge in [-0.3, -0.25) is 9.59 Å². The molecule has 0 aliphatic heterocycles. The SMILES string of the molecule is Cc1noc(C(C)C)c1C(=O)NC(CC(N)=O)C(=O)O. The summed E-state index contributed by atoms with van der Waals surface area (Å²) in [6.45, 7) is 5.21. The van der Waals surface area contributed by atoms with Crippen molar-refractivity contribution in [3.8, 4) is 0 Å². The lowest BCUT2D eigenvalue weighted by molar-refractivity contribution is -0.140. The molecular weight excluding hydrogens is 266 g/mol. The van der Waals surface area contributed by atoms with Crippen LogP contribution in [0.15, 0.2) is 4.52 Å². The molecule has 0 spiro atoms. The maximum Gasteiger partial charge on any atom is 0.326 e. The number of hydrogen-bond acceptors (Lipinski definition) is 5. The van der Waals surface area contributed by atoms with E-state index >= 15 is 0 Å². The Morgan fingerprint density at radius 2 is 2.00 bits per heavy atom. The Hall–Kier alpha value is -2.38. The van der Waals surface area contributed by atoms with Gasteiger partial charge in [-0.05, 0) is 6.92 Å². The predicted molar refractivity (Wildman–Crippen MR) is 68.0 cm³/mol. The van der Waals surface area contributed by atoms with Crippen LogP contribution in [0.1, 0.15) is 48.0 Å². The average Bonchev–Trinajstić information content (AvgIpc) is 2.69. The van der Waals surface area contributed by atoms with E-state index in [0.29, 0.717) is 11.5 Å². The Labute approximate surface area is 115 Å². The van der Waals surface area contributed by atoms with Crippen LogP contribution in [-0.4, -0.2) is 34.1 Å². The first-order valence-electron chi connectivity index (χ1n) is 6.02. The van der Waals surface area contributed by atoms with Crippen molar-refractivity contribution < 1.29 is 24.0 Å². The summed E-state index contributed by atoms with van der Waals surface area (Å²) in [6.07, 6.45) is -0.484. The maximum atomic E-state index is 12.1. The smallest absolute Gasteiger partial charge is 0.326 e. The number of amides is 2. The molecule has 8 nitrogen and oxygen atoms in total. The molecule has 0 aliphatic rings. The zero-order valence-corrected chi connectivity index (χ0v) is 11.5. The zero-order valence-electron chi connectivity index (χ0n) is 11.5. The molecule has 20 heavy (non-hydrogen) atoms. The molecule has 0 aromatic carbocycles. The summed E-state index contributed by atoms with van der Waals surface area (Å²) in [5, 5.41) is 14.9. The lowest BCUT2D eigenvalue weighted by Gasteiger charge is -2.13. The van der Waals surface area contributed by atoms with E-state index < -0.39 is 30.2 Å². The Morgan fingerprint density at radius 3 is 2.45 bits per heavy atom. The lowest BCUT2D eigenvalue weighted by atomic mass is 10.0. The molecule has 0 fully saturated rings. The number of nitrogens with zero attached hydrogens (tertiary/aromatic N) is 1. The number of nitrogens with two attached hydrogens (primary N) is 1. The second-order valence-electron chi connectivity index (χ2n) is 4.70. The Balaban J connectivity index is 2.97. The monoisotopic (exact) mass is 283 g/mol. The second kappa shape index (κ2) is 6.18. The highest BCUT2D eigenvalue weighted by Gasteiger charge is 2.27. The summed E-state index contributed by atoms with van der Waals surface area (Å²) in [6, 6.07) is -1.38. The van der Waals surface area contributed by atoms with E-state index in [2.05, 4.69) is 10.5 Å². The first-order chi connectivity index (χ1) is 9.23. The third-order valence-corrected chi connectivity index (χ3v) is 2.65. The average molecular weight is 283 g/mol. The topological polar surface area (TPSA) is 136 Å². The largest absolute Gasteiger partial charge is 0.480 e. The molecule has 0 aliphatic carbocycles. The van der Waals surface area contributed by atoms with E-state index in [1.54, 1.807) is 6.92 Å². The number of aryl methyl sites for hydroxylation is 1. The number of nitrogens with one attached hydrogen (secondary N) is 1. The van der Waals surface area contributed by atoms with Crippen molar-refractivity contribution in [3.63, 3.8) is 0 Å². The van der Waals surface area contributed by atoms with Gasteiger partial charge < -0.3 is 20.7 Å². The highest BCUT2D eigenvalue weighted by atomic mass is 16.5.